The lowest BCUT2D eigenvalue weighted by Gasteiger charge is -2.11. The molecule has 0 aliphatic heterocycles. The van der Waals surface area contributed by atoms with E-state index in [1.807, 2.05) is 6.92 Å². The van der Waals surface area contributed by atoms with E-state index in [-0.39, 0.29) is 16.3 Å². The smallest absolute Gasteiger partial charge is 0.252 e. The van der Waals surface area contributed by atoms with Crippen LogP contribution in [0.5, 0.6) is 11.6 Å². The van der Waals surface area contributed by atoms with Gasteiger partial charge in [0.2, 0.25) is 5.88 Å². The number of nitrogens with two attached hydrogens (primary N) is 2. The molecule has 0 saturated heterocycles. The van der Waals surface area contributed by atoms with Crippen LogP contribution in [0.1, 0.15) is 16.1 Å². The maximum absolute atomic E-state index is 11.4. The van der Waals surface area contributed by atoms with Gasteiger partial charge in [0.25, 0.3) is 5.91 Å². The van der Waals surface area contributed by atoms with E-state index < -0.39 is 5.91 Å². The monoisotopic (exact) mass is 280 g/mol. The van der Waals surface area contributed by atoms with Crippen LogP contribution in [0.15, 0.2) is 18.2 Å². The second-order valence-corrected chi connectivity index (χ2v) is 4.50. The quantitative estimate of drug-likeness (QED) is 0.839. The number of halogens is 1. The fourth-order valence-corrected chi connectivity index (χ4v) is 1.95. The highest BCUT2D eigenvalue weighted by molar-refractivity contribution is 6.33. The molecule has 0 bridgehead atoms. The van der Waals surface area contributed by atoms with Gasteiger partial charge in [0.1, 0.15) is 0 Å². The van der Waals surface area contributed by atoms with Gasteiger partial charge in [-0.15, -0.1) is 0 Å². The van der Waals surface area contributed by atoms with Gasteiger partial charge >= 0.3 is 0 Å². The number of nitrogen functional groups attached to an aromatic ring is 1. The Kier molecular flexibility index (Phi) is 3.35. The number of hydrogen-bond donors (Lipinski definition) is 2. The highest BCUT2D eigenvalue weighted by atomic mass is 35.5. The number of carbonyl (C=O) groups is 1. The third kappa shape index (κ3) is 2.63. The number of rotatable bonds is 3. The van der Waals surface area contributed by atoms with Crippen LogP contribution in [0.2, 0.25) is 5.02 Å². The van der Waals surface area contributed by atoms with Crippen molar-refractivity contribution >= 4 is 23.2 Å². The minimum Gasteiger partial charge on any atom is -0.437 e. The van der Waals surface area contributed by atoms with Crippen molar-refractivity contribution in [3.05, 3.63) is 34.5 Å². The summed E-state index contributed by atoms with van der Waals surface area (Å²) in [5, 5.41) is 4.35. The Morgan fingerprint density at radius 2 is 2.11 bits per heavy atom. The zero-order valence-corrected chi connectivity index (χ0v) is 11.2. The van der Waals surface area contributed by atoms with Crippen LogP contribution in [0.25, 0.3) is 0 Å². The third-order valence-corrected chi connectivity index (χ3v) is 2.78. The summed E-state index contributed by atoms with van der Waals surface area (Å²) >= 11 is 6.05. The van der Waals surface area contributed by atoms with Crippen molar-refractivity contribution in [3.8, 4) is 11.6 Å². The lowest BCUT2D eigenvalue weighted by Crippen LogP contribution is -2.13. The van der Waals surface area contributed by atoms with Crippen molar-refractivity contribution in [2.45, 2.75) is 6.92 Å². The number of amides is 1. The number of carbonyl (C=O) groups excluding carboxylic acids is 1. The Labute approximate surface area is 114 Å². The molecule has 100 valence electrons. The summed E-state index contributed by atoms with van der Waals surface area (Å²) in [5.74, 6) is -0.0406. The summed E-state index contributed by atoms with van der Waals surface area (Å²) in [4.78, 5) is 11.4. The first kappa shape index (κ1) is 13.2. The van der Waals surface area contributed by atoms with Gasteiger partial charge < -0.3 is 16.2 Å². The zero-order valence-electron chi connectivity index (χ0n) is 10.5. The molecule has 0 radical (unpaired) electrons. The van der Waals surface area contributed by atoms with E-state index in [0.29, 0.717) is 11.6 Å². The number of aryl methyl sites for hydroxylation is 2. The number of anilines is 1. The van der Waals surface area contributed by atoms with Gasteiger partial charge in [-0.1, -0.05) is 11.6 Å². The Morgan fingerprint density at radius 1 is 1.42 bits per heavy atom. The van der Waals surface area contributed by atoms with E-state index in [9.17, 15) is 4.79 Å². The average Bonchev–Trinajstić information content (AvgIpc) is 2.60. The first-order valence-electron chi connectivity index (χ1n) is 5.46. The number of primary amides is 1. The molecule has 0 saturated carbocycles. The molecule has 7 heteroatoms. The van der Waals surface area contributed by atoms with E-state index in [1.165, 1.54) is 16.8 Å². The molecular formula is C12H13ClN4O2. The van der Waals surface area contributed by atoms with Crippen LogP contribution in [0, 0.1) is 6.92 Å². The lowest BCUT2D eigenvalue weighted by molar-refractivity contribution is 0.0998. The van der Waals surface area contributed by atoms with E-state index in [2.05, 4.69) is 5.10 Å². The molecule has 1 heterocycles. The molecule has 0 unspecified atom stereocenters. The van der Waals surface area contributed by atoms with E-state index in [4.69, 9.17) is 27.8 Å². The topological polar surface area (TPSA) is 96.2 Å². The summed E-state index contributed by atoms with van der Waals surface area (Å²) in [7, 11) is 1.72. The molecule has 0 aliphatic carbocycles. The molecule has 2 aromatic rings. The van der Waals surface area contributed by atoms with Crippen molar-refractivity contribution in [2.75, 3.05) is 5.73 Å². The van der Waals surface area contributed by atoms with Crippen LogP contribution in [-0.4, -0.2) is 15.7 Å². The highest BCUT2D eigenvalue weighted by Gasteiger charge is 2.17. The van der Waals surface area contributed by atoms with Crippen LogP contribution in [-0.2, 0) is 7.05 Å². The lowest BCUT2D eigenvalue weighted by atomic mass is 10.1. The molecule has 0 fully saturated rings. The Balaban J connectivity index is 2.50. The van der Waals surface area contributed by atoms with Crippen LogP contribution >= 0.6 is 11.6 Å². The Morgan fingerprint density at radius 3 is 2.63 bits per heavy atom. The van der Waals surface area contributed by atoms with Crippen molar-refractivity contribution in [1.82, 2.24) is 9.78 Å². The van der Waals surface area contributed by atoms with Gasteiger partial charge in [0.15, 0.2) is 5.75 Å². The number of benzene rings is 1. The summed E-state index contributed by atoms with van der Waals surface area (Å²) in [5.41, 5.74) is 12.2. The first-order valence-corrected chi connectivity index (χ1v) is 5.83. The van der Waals surface area contributed by atoms with Crippen molar-refractivity contribution in [3.63, 3.8) is 0 Å². The Bertz CT molecular complexity index is 651. The van der Waals surface area contributed by atoms with Crippen molar-refractivity contribution in [2.24, 2.45) is 12.8 Å². The second-order valence-electron chi connectivity index (χ2n) is 4.09. The molecule has 6 nitrogen and oxygen atoms in total. The van der Waals surface area contributed by atoms with E-state index in [1.54, 1.807) is 13.1 Å². The van der Waals surface area contributed by atoms with Gasteiger partial charge in [0, 0.05) is 18.8 Å². The molecule has 1 amide bonds. The maximum atomic E-state index is 11.4. The van der Waals surface area contributed by atoms with E-state index >= 15 is 0 Å². The second kappa shape index (κ2) is 4.81. The fourth-order valence-electron chi connectivity index (χ4n) is 1.69. The molecular weight excluding hydrogens is 268 g/mol. The number of nitrogens with zero attached hydrogens (tertiary/aromatic N) is 2. The van der Waals surface area contributed by atoms with Gasteiger partial charge in [-0.3, -0.25) is 4.79 Å². The predicted octanol–water partition coefficient (Wildman–Crippen LogP) is 1.86. The van der Waals surface area contributed by atoms with Gasteiger partial charge in [0.05, 0.1) is 16.3 Å². The molecule has 1 aromatic heterocycles. The number of hydrogen-bond acceptors (Lipinski definition) is 4. The maximum Gasteiger partial charge on any atom is 0.252 e. The third-order valence-electron chi connectivity index (χ3n) is 2.50. The molecule has 19 heavy (non-hydrogen) atoms. The average molecular weight is 281 g/mol. The molecule has 1 aromatic carbocycles. The predicted molar refractivity (Wildman–Crippen MR) is 72.4 cm³/mol. The van der Waals surface area contributed by atoms with Gasteiger partial charge in [-0.25, -0.2) is 4.68 Å². The van der Waals surface area contributed by atoms with Gasteiger partial charge in [-0.05, 0) is 19.1 Å². The van der Waals surface area contributed by atoms with Crippen molar-refractivity contribution < 1.29 is 9.53 Å². The van der Waals surface area contributed by atoms with Crippen LogP contribution in [0.4, 0.5) is 5.69 Å². The largest absolute Gasteiger partial charge is 0.437 e. The van der Waals surface area contributed by atoms with Crippen molar-refractivity contribution in [1.29, 1.82) is 0 Å². The van der Waals surface area contributed by atoms with Crippen LogP contribution < -0.4 is 16.2 Å². The highest BCUT2D eigenvalue weighted by Crippen LogP contribution is 2.34. The van der Waals surface area contributed by atoms with E-state index in [0.717, 1.165) is 5.69 Å². The summed E-state index contributed by atoms with van der Waals surface area (Å²) < 4.78 is 7.15. The molecule has 4 N–H and O–H groups in total. The molecule has 0 aliphatic rings. The normalized spacial score (nSPS) is 10.5. The Hall–Kier alpha value is -2.21. The first-order chi connectivity index (χ1) is 8.88. The zero-order chi connectivity index (χ0) is 14.2. The standard InChI is InChI=1S/C12H13ClN4O2/c1-6-3-10(17(2)16-6)19-11-8(12(15)18)4-7(14)5-9(11)13/h3-5H,14H2,1-2H3,(H2,15,18). The number of aromatic nitrogens is 2. The summed E-state index contributed by atoms with van der Waals surface area (Å²) in [6.07, 6.45) is 0. The minimum atomic E-state index is -0.664. The molecule has 0 spiro atoms. The minimum absolute atomic E-state index is 0.129. The SMILES string of the molecule is Cc1cc(Oc2c(Cl)cc(N)cc2C(N)=O)n(C)n1. The fraction of sp³-hybridized carbons (Fsp3) is 0.167. The molecule has 0 atom stereocenters. The number of ether oxygens (including phenoxy) is 1. The van der Waals surface area contributed by atoms with Gasteiger partial charge in [-0.2, -0.15) is 5.10 Å². The summed E-state index contributed by atoms with van der Waals surface area (Å²) in [6, 6.07) is 4.64. The molecule has 2 rings (SSSR count). The van der Waals surface area contributed by atoms with Crippen LogP contribution in [0.3, 0.4) is 0 Å². The summed E-state index contributed by atoms with van der Waals surface area (Å²) in [6.45, 7) is 1.83.